The second kappa shape index (κ2) is 3.90. The minimum Gasteiger partial charge on any atom is -0.375 e. The molecule has 0 spiro atoms. The van der Waals surface area contributed by atoms with Gasteiger partial charge in [0.05, 0.1) is 18.8 Å². The van der Waals surface area contributed by atoms with E-state index < -0.39 is 0 Å². The van der Waals surface area contributed by atoms with Crippen molar-refractivity contribution in [2.45, 2.75) is 39.3 Å². The molecule has 1 amide bonds. The average molecular weight is 171 g/mol. The molecule has 0 aromatic heterocycles. The molecule has 0 saturated carbocycles. The minimum absolute atomic E-state index is 0.191. The first-order valence-corrected chi connectivity index (χ1v) is 4.56. The van der Waals surface area contributed by atoms with Crippen LogP contribution < -0.4 is 0 Å². The largest absolute Gasteiger partial charge is 0.375 e. The highest BCUT2D eigenvalue weighted by Crippen LogP contribution is 2.12. The van der Waals surface area contributed by atoms with Crippen LogP contribution in [0.2, 0.25) is 0 Å². The molecule has 3 heteroatoms. The second-order valence-corrected chi connectivity index (χ2v) is 3.39. The van der Waals surface area contributed by atoms with Crippen LogP contribution in [0.1, 0.15) is 27.2 Å². The van der Waals surface area contributed by atoms with Gasteiger partial charge in [-0.05, 0) is 13.8 Å². The fraction of sp³-hybridized carbons (Fsp3) is 0.889. The molecule has 0 aromatic carbocycles. The van der Waals surface area contributed by atoms with Gasteiger partial charge in [-0.2, -0.15) is 0 Å². The van der Waals surface area contributed by atoms with Crippen LogP contribution in [0.4, 0.5) is 0 Å². The van der Waals surface area contributed by atoms with E-state index >= 15 is 0 Å². The lowest BCUT2D eigenvalue weighted by Crippen LogP contribution is -2.49. The first-order valence-electron chi connectivity index (χ1n) is 4.56. The SMILES string of the molecule is CCC(=O)N1CC(C)OCC1C. The Morgan fingerprint density at radius 1 is 1.58 bits per heavy atom. The molecule has 0 N–H and O–H groups in total. The van der Waals surface area contributed by atoms with Gasteiger partial charge in [-0.25, -0.2) is 0 Å². The van der Waals surface area contributed by atoms with Crippen molar-refractivity contribution in [3.8, 4) is 0 Å². The highest BCUT2D eigenvalue weighted by atomic mass is 16.5. The van der Waals surface area contributed by atoms with Gasteiger partial charge in [0.25, 0.3) is 0 Å². The number of nitrogens with zero attached hydrogens (tertiary/aromatic N) is 1. The Morgan fingerprint density at radius 3 is 2.83 bits per heavy atom. The normalized spacial score (nSPS) is 30.4. The number of morpholine rings is 1. The third-order valence-electron chi connectivity index (χ3n) is 2.23. The molecular weight excluding hydrogens is 154 g/mol. The Labute approximate surface area is 73.7 Å². The third kappa shape index (κ3) is 1.97. The van der Waals surface area contributed by atoms with E-state index in [1.54, 1.807) is 0 Å². The van der Waals surface area contributed by atoms with E-state index in [-0.39, 0.29) is 18.1 Å². The molecule has 1 aliphatic heterocycles. The number of hydrogen-bond donors (Lipinski definition) is 0. The van der Waals surface area contributed by atoms with Crippen molar-refractivity contribution in [2.75, 3.05) is 13.2 Å². The number of hydrogen-bond acceptors (Lipinski definition) is 2. The summed E-state index contributed by atoms with van der Waals surface area (Å²) in [6.07, 6.45) is 0.786. The number of ether oxygens (including phenoxy) is 1. The lowest BCUT2D eigenvalue weighted by molar-refractivity contribution is -0.142. The molecule has 0 aliphatic carbocycles. The molecule has 1 fully saturated rings. The molecule has 0 bridgehead atoms. The van der Waals surface area contributed by atoms with Gasteiger partial charge in [-0.3, -0.25) is 4.79 Å². The summed E-state index contributed by atoms with van der Waals surface area (Å²) in [5, 5.41) is 0. The van der Waals surface area contributed by atoms with Crippen molar-refractivity contribution in [2.24, 2.45) is 0 Å². The number of rotatable bonds is 1. The van der Waals surface area contributed by atoms with E-state index in [4.69, 9.17) is 4.74 Å². The predicted octanol–water partition coefficient (Wildman–Crippen LogP) is 1.03. The summed E-state index contributed by atoms with van der Waals surface area (Å²) in [4.78, 5) is 13.3. The molecule has 70 valence electrons. The fourth-order valence-electron chi connectivity index (χ4n) is 1.45. The average Bonchev–Trinajstić information content (AvgIpc) is 2.08. The number of carbonyl (C=O) groups excluding carboxylic acids is 1. The summed E-state index contributed by atoms with van der Waals surface area (Å²) in [6, 6.07) is 0.244. The third-order valence-corrected chi connectivity index (χ3v) is 2.23. The summed E-state index contributed by atoms with van der Waals surface area (Å²) >= 11 is 0. The van der Waals surface area contributed by atoms with Crippen LogP contribution in [0.15, 0.2) is 0 Å². The highest BCUT2D eigenvalue weighted by Gasteiger charge is 2.25. The van der Waals surface area contributed by atoms with E-state index in [1.165, 1.54) is 0 Å². The first kappa shape index (κ1) is 9.52. The predicted molar refractivity (Wildman–Crippen MR) is 46.9 cm³/mol. The van der Waals surface area contributed by atoms with Gasteiger partial charge >= 0.3 is 0 Å². The topological polar surface area (TPSA) is 29.5 Å². The molecule has 2 unspecified atom stereocenters. The number of amides is 1. The maximum atomic E-state index is 11.4. The van der Waals surface area contributed by atoms with Crippen LogP contribution >= 0.6 is 0 Å². The van der Waals surface area contributed by atoms with Gasteiger partial charge < -0.3 is 9.64 Å². The van der Waals surface area contributed by atoms with Crippen molar-refractivity contribution in [3.63, 3.8) is 0 Å². The second-order valence-electron chi connectivity index (χ2n) is 3.39. The molecule has 0 aromatic rings. The zero-order valence-corrected chi connectivity index (χ0v) is 8.04. The molecule has 3 nitrogen and oxygen atoms in total. The molecule has 1 aliphatic rings. The van der Waals surface area contributed by atoms with Crippen LogP contribution in [0.25, 0.3) is 0 Å². The van der Waals surface area contributed by atoms with E-state index in [2.05, 4.69) is 0 Å². The summed E-state index contributed by atoms with van der Waals surface area (Å²) in [5.41, 5.74) is 0. The fourth-order valence-corrected chi connectivity index (χ4v) is 1.45. The summed E-state index contributed by atoms with van der Waals surface area (Å²) in [6.45, 7) is 7.34. The van der Waals surface area contributed by atoms with E-state index in [0.717, 1.165) is 6.54 Å². The van der Waals surface area contributed by atoms with E-state index in [1.807, 2.05) is 25.7 Å². The van der Waals surface area contributed by atoms with Gasteiger partial charge in [-0.15, -0.1) is 0 Å². The first-order chi connectivity index (χ1) is 5.65. The van der Waals surface area contributed by atoms with Crippen LogP contribution in [0.5, 0.6) is 0 Å². The standard InChI is InChI=1S/C9H17NO2/c1-4-9(11)10-5-8(3)12-6-7(10)2/h7-8H,4-6H2,1-3H3. The van der Waals surface area contributed by atoms with Crippen LogP contribution in [0.3, 0.4) is 0 Å². The maximum absolute atomic E-state index is 11.4. The summed E-state index contributed by atoms with van der Waals surface area (Å²) in [7, 11) is 0. The van der Waals surface area contributed by atoms with Crippen LogP contribution in [0, 0.1) is 0 Å². The quantitative estimate of drug-likeness (QED) is 0.589. The lowest BCUT2D eigenvalue weighted by Gasteiger charge is -2.36. The van der Waals surface area contributed by atoms with Gasteiger partial charge in [0, 0.05) is 13.0 Å². The van der Waals surface area contributed by atoms with Crippen molar-refractivity contribution in [1.29, 1.82) is 0 Å². The smallest absolute Gasteiger partial charge is 0.222 e. The molecular formula is C9H17NO2. The molecule has 12 heavy (non-hydrogen) atoms. The minimum atomic E-state index is 0.191. The Balaban J connectivity index is 2.54. The molecule has 1 heterocycles. The van der Waals surface area contributed by atoms with Gasteiger partial charge in [-0.1, -0.05) is 6.92 Å². The van der Waals surface area contributed by atoms with Crippen molar-refractivity contribution >= 4 is 5.91 Å². The van der Waals surface area contributed by atoms with Gasteiger partial charge in [0.1, 0.15) is 0 Å². The Kier molecular flexibility index (Phi) is 3.09. The van der Waals surface area contributed by atoms with Gasteiger partial charge in [0.15, 0.2) is 0 Å². The van der Waals surface area contributed by atoms with Crippen molar-refractivity contribution < 1.29 is 9.53 Å². The molecule has 0 radical (unpaired) electrons. The summed E-state index contributed by atoms with van der Waals surface area (Å²) in [5.74, 6) is 0.234. The van der Waals surface area contributed by atoms with Crippen LogP contribution in [-0.2, 0) is 9.53 Å². The monoisotopic (exact) mass is 171 g/mol. The zero-order chi connectivity index (χ0) is 9.14. The Hall–Kier alpha value is -0.570. The van der Waals surface area contributed by atoms with E-state index in [9.17, 15) is 4.79 Å². The zero-order valence-electron chi connectivity index (χ0n) is 8.04. The Bertz CT molecular complexity index is 170. The van der Waals surface area contributed by atoms with Crippen molar-refractivity contribution in [1.82, 2.24) is 4.90 Å². The lowest BCUT2D eigenvalue weighted by atomic mass is 10.2. The maximum Gasteiger partial charge on any atom is 0.222 e. The van der Waals surface area contributed by atoms with Gasteiger partial charge in [0.2, 0.25) is 5.91 Å². The molecule has 2 atom stereocenters. The highest BCUT2D eigenvalue weighted by molar-refractivity contribution is 5.76. The Morgan fingerprint density at radius 2 is 2.25 bits per heavy atom. The molecule has 1 rings (SSSR count). The van der Waals surface area contributed by atoms with E-state index in [0.29, 0.717) is 13.0 Å². The van der Waals surface area contributed by atoms with Crippen LogP contribution in [-0.4, -0.2) is 36.1 Å². The molecule has 1 saturated heterocycles. The van der Waals surface area contributed by atoms with Crippen molar-refractivity contribution in [3.05, 3.63) is 0 Å². The summed E-state index contributed by atoms with van der Waals surface area (Å²) < 4.78 is 5.42. The number of carbonyl (C=O) groups is 1.